The van der Waals surface area contributed by atoms with E-state index in [2.05, 4.69) is 0 Å². The van der Waals surface area contributed by atoms with Crippen molar-refractivity contribution in [3.05, 3.63) is 88.2 Å². The third-order valence-electron chi connectivity index (χ3n) is 4.48. The van der Waals surface area contributed by atoms with Crippen LogP contribution in [-0.4, -0.2) is 29.0 Å². The topological polar surface area (TPSA) is 53.4 Å². The van der Waals surface area contributed by atoms with Gasteiger partial charge in [0.1, 0.15) is 11.5 Å². The van der Waals surface area contributed by atoms with E-state index < -0.39 is 0 Å². The molecular formula is C23H19ClN2O3S. The summed E-state index contributed by atoms with van der Waals surface area (Å²) >= 11 is 7.84. The van der Waals surface area contributed by atoms with Crippen molar-refractivity contribution < 1.29 is 9.47 Å². The highest BCUT2D eigenvalue weighted by Gasteiger charge is 2.15. The molecule has 0 saturated heterocycles. The lowest BCUT2D eigenvalue weighted by atomic mass is 10.2. The Morgan fingerprint density at radius 3 is 2.43 bits per heavy atom. The molecule has 1 heterocycles. The molecule has 0 N–H and O–H groups in total. The van der Waals surface area contributed by atoms with Gasteiger partial charge in [-0.1, -0.05) is 47.6 Å². The van der Waals surface area contributed by atoms with Crippen LogP contribution in [0.3, 0.4) is 0 Å². The first-order chi connectivity index (χ1) is 14.7. The van der Waals surface area contributed by atoms with Crippen LogP contribution in [0.25, 0.3) is 16.6 Å². The molecule has 30 heavy (non-hydrogen) atoms. The van der Waals surface area contributed by atoms with Crippen molar-refractivity contribution in [3.63, 3.8) is 0 Å². The number of para-hydroxylation sites is 2. The molecule has 0 aliphatic rings. The zero-order valence-corrected chi connectivity index (χ0v) is 17.8. The van der Waals surface area contributed by atoms with Crippen LogP contribution in [0.1, 0.15) is 0 Å². The molecule has 0 fully saturated rings. The predicted octanol–water partition coefficient (Wildman–Crippen LogP) is 5.22. The second-order valence-corrected chi connectivity index (χ2v) is 7.85. The SMILES string of the molecule is COc1ccc(OCCSc2nc3ccccc3c(=O)n2-c2ccccc2Cl)cc1. The molecule has 4 rings (SSSR count). The Hall–Kier alpha value is -2.96. The minimum absolute atomic E-state index is 0.146. The summed E-state index contributed by atoms with van der Waals surface area (Å²) in [5, 5.41) is 1.62. The monoisotopic (exact) mass is 438 g/mol. The maximum atomic E-state index is 13.2. The fourth-order valence-electron chi connectivity index (χ4n) is 3.02. The lowest BCUT2D eigenvalue weighted by Gasteiger charge is -2.14. The number of methoxy groups -OCH3 is 1. The van der Waals surface area contributed by atoms with E-state index in [1.807, 2.05) is 60.7 Å². The number of thioether (sulfide) groups is 1. The molecule has 0 radical (unpaired) electrons. The fourth-order valence-corrected chi connectivity index (χ4v) is 4.06. The van der Waals surface area contributed by atoms with Gasteiger partial charge >= 0.3 is 0 Å². The molecule has 3 aromatic carbocycles. The number of ether oxygens (including phenoxy) is 2. The smallest absolute Gasteiger partial charge is 0.266 e. The Bertz CT molecular complexity index is 1230. The van der Waals surface area contributed by atoms with Gasteiger partial charge in [0.25, 0.3) is 5.56 Å². The number of aromatic nitrogens is 2. The van der Waals surface area contributed by atoms with Crippen LogP contribution in [0.4, 0.5) is 0 Å². The maximum absolute atomic E-state index is 13.2. The highest BCUT2D eigenvalue weighted by atomic mass is 35.5. The van der Waals surface area contributed by atoms with E-state index in [-0.39, 0.29) is 5.56 Å². The number of halogens is 1. The van der Waals surface area contributed by atoms with Gasteiger partial charge in [-0.2, -0.15) is 0 Å². The van der Waals surface area contributed by atoms with Crippen molar-refractivity contribution >= 4 is 34.3 Å². The van der Waals surface area contributed by atoms with Gasteiger partial charge in [0.05, 0.1) is 35.3 Å². The minimum Gasteiger partial charge on any atom is -0.497 e. The standard InChI is InChI=1S/C23H19ClN2O3S/c1-28-16-10-12-17(13-11-16)29-14-15-30-23-25-20-8-4-2-6-18(20)22(27)26(23)21-9-5-3-7-19(21)24/h2-13H,14-15H2,1H3. The van der Waals surface area contributed by atoms with Gasteiger partial charge in [0, 0.05) is 5.75 Å². The summed E-state index contributed by atoms with van der Waals surface area (Å²) in [5.74, 6) is 2.15. The summed E-state index contributed by atoms with van der Waals surface area (Å²) in [6, 6.07) is 22.0. The number of hydrogen-bond acceptors (Lipinski definition) is 5. The van der Waals surface area contributed by atoms with E-state index >= 15 is 0 Å². The minimum atomic E-state index is -0.146. The number of hydrogen-bond donors (Lipinski definition) is 0. The molecule has 0 bridgehead atoms. The highest BCUT2D eigenvalue weighted by Crippen LogP contribution is 2.26. The molecule has 5 nitrogen and oxygen atoms in total. The molecule has 0 atom stereocenters. The molecule has 152 valence electrons. The van der Waals surface area contributed by atoms with E-state index in [0.29, 0.717) is 39.1 Å². The zero-order chi connectivity index (χ0) is 20.9. The molecule has 0 aliphatic carbocycles. The summed E-state index contributed by atoms with van der Waals surface area (Å²) in [4.78, 5) is 17.9. The highest BCUT2D eigenvalue weighted by molar-refractivity contribution is 7.99. The molecular weight excluding hydrogens is 420 g/mol. The number of rotatable bonds is 7. The van der Waals surface area contributed by atoms with Gasteiger partial charge < -0.3 is 9.47 Å². The Morgan fingerprint density at radius 2 is 1.67 bits per heavy atom. The van der Waals surface area contributed by atoms with Crippen molar-refractivity contribution in [2.75, 3.05) is 19.5 Å². The van der Waals surface area contributed by atoms with Crippen molar-refractivity contribution in [1.29, 1.82) is 0 Å². The third kappa shape index (κ3) is 4.30. The normalized spacial score (nSPS) is 10.9. The lowest BCUT2D eigenvalue weighted by Crippen LogP contribution is -2.22. The van der Waals surface area contributed by atoms with E-state index in [0.717, 1.165) is 11.5 Å². The second-order valence-electron chi connectivity index (χ2n) is 6.38. The van der Waals surface area contributed by atoms with Crippen LogP contribution in [0.2, 0.25) is 5.02 Å². The van der Waals surface area contributed by atoms with Gasteiger partial charge in [-0.15, -0.1) is 0 Å². The van der Waals surface area contributed by atoms with Gasteiger partial charge in [-0.3, -0.25) is 9.36 Å². The molecule has 0 spiro atoms. The number of nitrogens with zero attached hydrogens (tertiary/aromatic N) is 2. The average molecular weight is 439 g/mol. The fraction of sp³-hybridized carbons (Fsp3) is 0.130. The van der Waals surface area contributed by atoms with E-state index in [1.165, 1.54) is 11.8 Å². The van der Waals surface area contributed by atoms with Crippen LogP contribution in [0.15, 0.2) is 82.7 Å². The quantitative estimate of drug-likeness (QED) is 0.225. The molecule has 0 amide bonds. The predicted molar refractivity (Wildman–Crippen MR) is 122 cm³/mol. The summed E-state index contributed by atoms with van der Waals surface area (Å²) in [6.07, 6.45) is 0. The van der Waals surface area contributed by atoms with Crippen LogP contribution < -0.4 is 15.0 Å². The molecule has 1 aromatic heterocycles. The van der Waals surface area contributed by atoms with Crippen molar-refractivity contribution in [3.8, 4) is 17.2 Å². The third-order valence-corrected chi connectivity index (χ3v) is 5.70. The van der Waals surface area contributed by atoms with Crippen molar-refractivity contribution in [2.24, 2.45) is 0 Å². The average Bonchev–Trinajstić information content (AvgIpc) is 2.78. The first-order valence-electron chi connectivity index (χ1n) is 9.34. The van der Waals surface area contributed by atoms with Crippen molar-refractivity contribution in [1.82, 2.24) is 9.55 Å². The number of fused-ring (bicyclic) bond motifs is 1. The van der Waals surface area contributed by atoms with Crippen LogP contribution in [0, 0.1) is 0 Å². The molecule has 0 saturated carbocycles. The van der Waals surface area contributed by atoms with E-state index in [9.17, 15) is 4.79 Å². The van der Waals surface area contributed by atoms with E-state index in [1.54, 1.807) is 23.8 Å². The molecule has 7 heteroatoms. The molecule has 4 aromatic rings. The summed E-state index contributed by atoms with van der Waals surface area (Å²) < 4.78 is 12.5. The second kappa shape index (κ2) is 9.24. The van der Waals surface area contributed by atoms with Gasteiger partial charge in [0.15, 0.2) is 5.16 Å². The van der Waals surface area contributed by atoms with E-state index in [4.69, 9.17) is 26.1 Å². The zero-order valence-electron chi connectivity index (χ0n) is 16.2. The Morgan fingerprint density at radius 1 is 0.967 bits per heavy atom. The lowest BCUT2D eigenvalue weighted by molar-refractivity contribution is 0.342. The summed E-state index contributed by atoms with van der Waals surface area (Å²) in [6.45, 7) is 0.461. The van der Waals surface area contributed by atoms with Crippen LogP contribution in [-0.2, 0) is 0 Å². The molecule has 0 aliphatic heterocycles. The largest absolute Gasteiger partial charge is 0.497 e. The summed E-state index contributed by atoms with van der Waals surface area (Å²) in [7, 11) is 1.63. The van der Waals surface area contributed by atoms with Crippen LogP contribution >= 0.6 is 23.4 Å². The molecule has 0 unspecified atom stereocenters. The summed E-state index contributed by atoms with van der Waals surface area (Å²) in [5.41, 5.74) is 1.12. The Balaban J connectivity index is 1.60. The maximum Gasteiger partial charge on any atom is 0.266 e. The Kier molecular flexibility index (Phi) is 6.26. The van der Waals surface area contributed by atoms with Gasteiger partial charge in [-0.25, -0.2) is 4.98 Å². The first kappa shape index (κ1) is 20.3. The first-order valence-corrected chi connectivity index (χ1v) is 10.7. The Labute approximate surface area is 183 Å². The van der Waals surface area contributed by atoms with Gasteiger partial charge in [-0.05, 0) is 48.5 Å². The van der Waals surface area contributed by atoms with Gasteiger partial charge in [0.2, 0.25) is 0 Å². The number of benzene rings is 3. The van der Waals surface area contributed by atoms with Crippen LogP contribution in [0.5, 0.6) is 11.5 Å². The van der Waals surface area contributed by atoms with Crippen molar-refractivity contribution in [2.45, 2.75) is 5.16 Å².